The Balaban J connectivity index is 3.18. The molecule has 0 bridgehead atoms. The lowest BCUT2D eigenvalue weighted by atomic mass is 10.1. The Bertz CT molecular complexity index is 369. The number of nitrogens with one attached hydrogen (secondary N) is 1. The number of rotatable bonds is 3. The van der Waals surface area contributed by atoms with Gasteiger partial charge >= 0.3 is 0 Å². The van der Waals surface area contributed by atoms with Crippen molar-refractivity contribution in [1.29, 1.82) is 0 Å². The third-order valence-corrected chi connectivity index (χ3v) is 2.15. The summed E-state index contributed by atoms with van der Waals surface area (Å²) in [7, 11) is 0. The van der Waals surface area contributed by atoms with Crippen molar-refractivity contribution in [3.63, 3.8) is 0 Å². The van der Waals surface area contributed by atoms with Crippen molar-refractivity contribution in [3.8, 4) is 0 Å². The predicted octanol–water partition coefficient (Wildman–Crippen LogP) is 0.737. The maximum atomic E-state index is 11.5. The number of H-pyrrole nitrogens is 1. The monoisotopic (exact) mass is 196 g/mol. The van der Waals surface area contributed by atoms with Crippen LogP contribution in [-0.4, -0.2) is 21.7 Å². The molecule has 1 rings (SSSR count). The zero-order valence-electron chi connectivity index (χ0n) is 8.79. The van der Waals surface area contributed by atoms with Gasteiger partial charge < -0.3 is 10.1 Å². The van der Waals surface area contributed by atoms with Crippen LogP contribution in [0.2, 0.25) is 0 Å². The van der Waals surface area contributed by atoms with Crippen LogP contribution in [-0.2, 0) is 6.42 Å². The van der Waals surface area contributed by atoms with Crippen LogP contribution >= 0.6 is 0 Å². The first-order chi connectivity index (χ1) is 6.56. The van der Waals surface area contributed by atoms with Crippen molar-refractivity contribution in [2.75, 3.05) is 6.61 Å². The summed E-state index contributed by atoms with van der Waals surface area (Å²) in [6.07, 6.45) is 0.368. The molecule has 4 nitrogen and oxygen atoms in total. The predicted molar refractivity (Wildman–Crippen MR) is 54.5 cm³/mol. The highest BCUT2D eigenvalue weighted by Crippen LogP contribution is 2.08. The van der Waals surface area contributed by atoms with Crippen LogP contribution in [0.25, 0.3) is 0 Å². The van der Waals surface area contributed by atoms with E-state index < -0.39 is 0 Å². The van der Waals surface area contributed by atoms with E-state index in [-0.39, 0.29) is 18.1 Å². The fourth-order valence-corrected chi connectivity index (χ4v) is 1.31. The molecule has 0 aliphatic rings. The van der Waals surface area contributed by atoms with E-state index in [1.54, 1.807) is 6.92 Å². The molecule has 0 radical (unpaired) electrons. The van der Waals surface area contributed by atoms with Crippen molar-refractivity contribution in [3.05, 3.63) is 27.4 Å². The van der Waals surface area contributed by atoms with Gasteiger partial charge in [0.2, 0.25) is 0 Å². The molecule has 0 aliphatic heterocycles. The minimum atomic E-state index is -0.129. The summed E-state index contributed by atoms with van der Waals surface area (Å²) < 4.78 is 0. The van der Waals surface area contributed by atoms with Gasteiger partial charge in [0.25, 0.3) is 5.56 Å². The molecule has 0 unspecified atom stereocenters. The third-order valence-electron chi connectivity index (χ3n) is 2.15. The zero-order chi connectivity index (χ0) is 10.7. The molecule has 1 aromatic heterocycles. The highest BCUT2D eigenvalue weighted by Gasteiger charge is 2.09. The van der Waals surface area contributed by atoms with Gasteiger partial charge in [0, 0.05) is 30.2 Å². The topological polar surface area (TPSA) is 66.0 Å². The summed E-state index contributed by atoms with van der Waals surface area (Å²) in [6.45, 7) is 5.73. The summed E-state index contributed by atoms with van der Waals surface area (Å²) in [4.78, 5) is 18.6. The van der Waals surface area contributed by atoms with E-state index in [1.807, 2.05) is 13.8 Å². The van der Waals surface area contributed by atoms with Crippen molar-refractivity contribution in [1.82, 2.24) is 9.97 Å². The summed E-state index contributed by atoms with van der Waals surface area (Å²) in [5.41, 5.74) is 1.17. The van der Waals surface area contributed by atoms with Crippen molar-refractivity contribution in [2.45, 2.75) is 33.1 Å². The van der Waals surface area contributed by atoms with Gasteiger partial charge in [-0.25, -0.2) is 4.98 Å². The SMILES string of the molecule is Cc1nc(C(C)C)[nH]c(=O)c1CCO. The molecule has 4 heteroatoms. The fourth-order valence-electron chi connectivity index (χ4n) is 1.31. The van der Waals surface area contributed by atoms with Gasteiger partial charge in [0.15, 0.2) is 0 Å². The second-order valence-corrected chi connectivity index (χ2v) is 3.64. The van der Waals surface area contributed by atoms with Gasteiger partial charge in [0.1, 0.15) is 5.82 Å². The maximum Gasteiger partial charge on any atom is 0.254 e. The number of aromatic nitrogens is 2. The van der Waals surface area contributed by atoms with E-state index in [1.165, 1.54) is 0 Å². The van der Waals surface area contributed by atoms with Gasteiger partial charge in [-0.05, 0) is 6.92 Å². The molecule has 0 aromatic carbocycles. The molecular weight excluding hydrogens is 180 g/mol. The Kier molecular flexibility index (Phi) is 3.41. The van der Waals surface area contributed by atoms with Crippen LogP contribution in [0, 0.1) is 6.92 Å². The Morgan fingerprint density at radius 1 is 1.50 bits per heavy atom. The zero-order valence-corrected chi connectivity index (χ0v) is 8.79. The number of aliphatic hydroxyl groups excluding tert-OH is 1. The number of hydrogen-bond acceptors (Lipinski definition) is 3. The minimum Gasteiger partial charge on any atom is -0.396 e. The number of aliphatic hydroxyl groups is 1. The summed E-state index contributed by atoms with van der Waals surface area (Å²) >= 11 is 0. The first kappa shape index (κ1) is 10.9. The molecule has 78 valence electrons. The first-order valence-electron chi connectivity index (χ1n) is 4.76. The quantitative estimate of drug-likeness (QED) is 0.749. The van der Waals surface area contributed by atoms with Gasteiger partial charge in [0.05, 0.1) is 0 Å². The molecule has 0 saturated heterocycles. The van der Waals surface area contributed by atoms with Crippen LogP contribution in [0.5, 0.6) is 0 Å². The normalized spacial score (nSPS) is 10.9. The largest absolute Gasteiger partial charge is 0.396 e. The highest BCUT2D eigenvalue weighted by atomic mass is 16.3. The highest BCUT2D eigenvalue weighted by molar-refractivity contribution is 5.17. The van der Waals surface area contributed by atoms with Crippen molar-refractivity contribution >= 4 is 0 Å². The van der Waals surface area contributed by atoms with Gasteiger partial charge in [-0.15, -0.1) is 0 Å². The molecule has 14 heavy (non-hydrogen) atoms. The molecular formula is C10H16N2O2. The van der Waals surface area contributed by atoms with E-state index >= 15 is 0 Å². The number of aromatic amines is 1. The van der Waals surface area contributed by atoms with E-state index in [0.29, 0.717) is 23.5 Å². The summed E-state index contributed by atoms with van der Waals surface area (Å²) in [5, 5.41) is 8.77. The molecule has 0 amide bonds. The lowest BCUT2D eigenvalue weighted by molar-refractivity contribution is 0.298. The number of nitrogens with zero attached hydrogens (tertiary/aromatic N) is 1. The molecule has 1 aromatic rings. The van der Waals surface area contributed by atoms with Crippen LogP contribution in [0.15, 0.2) is 4.79 Å². The van der Waals surface area contributed by atoms with E-state index in [9.17, 15) is 4.79 Å². The van der Waals surface area contributed by atoms with Crippen LogP contribution < -0.4 is 5.56 Å². The molecule has 1 heterocycles. The van der Waals surface area contributed by atoms with Crippen LogP contribution in [0.4, 0.5) is 0 Å². The average Bonchev–Trinajstić information content (AvgIpc) is 2.10. The Labute approximate surface area is 83.0 Å². The Morgan fingerprint density at radius 2 is 2.14 bits per heavy atom. The molecule has 0 spiro atoms. The van der Waals surface area contributed by atoms with E-state index in [4.69, 9.17) is 5.11 Å². The smallest absolute Gasteiger partial charge is 0.254 e. The van der Waals surface area contributed by atoms with E-state index in [2.05, 4.69) is 9.97 Å². The lowest BCUT2D eigenvalue weighted by Crippen LogP contribution is -2.20. The number of hydrogen-bond donors (Lipinski definition) is 2. The summed E-state index contributed by atoms with van der Waals surface area (Å²) in [5.74, 6) is 0.916. The molecule has 0 saturated carbocycles. The molecule has 2 N–H and O–H groups in total. The lowest BCUT2D eigenvalue weighted by Gasteiger charge is -2.08. The average molecular weight is 196 g/mol. The van der Waals surface area contributed by atoms with Gasteiger partial charge in [-0.1, -0.05) is 13.8 Å². The number of aryl methyl sites for hydroxylation is 1. The second-order valence-electron chi connectivity index (χ2n) is 3.64. The first-order valence-corrected chi connectivity index (χ1v) is 4.76. The molecule has 0 fully saturated rings. The van der Waals surface area contributed by atoms with Crippen LogP contribution in [0.3, 0.4) is 0 Å². The minimum absolute atomic E-state index is 0.0212. The maximum absolute atomic E-state index is 11.5. The Hall–Kier alpha value is -1.16. The standard InChI is InChI=1S/C10H16N2O2/c1-6(2)9-11-7(3)8(4-5-13)10(14)12-9/h6,13H,4-5H2,1-3H3,(H,11,12,14). The van der Waals surface area contributed by atoms with Gasteiger partial charge in [-0.3, -0.25) is 4.79 Å². The fraction of sp³-hybridized carbons (Fsp3) is 0.600. The van der Waals surface area contributed by atoms with Gasteiger partial charge in [-0.2, -0.15) is 0 Å². The van der Waals surface area contributed by atoms with E-state index in [0.717, 1.165) is 0 Å². The van der Waals surface area contributed by atoms with Crippen molar-refractivity contribution in [2.24, 2.45) is 0 Å². The Morgan fingerprint density at radius 3 is 2.57 bits per heavy atom. The molecule has 0 aliphatic carbocycles. The second kappa shape index (κ2) is 4.37. The van der Waals surface area contributed by atoms with Crippen molar-refractivity contribution < 1.29 is 5.11 Å². The molecule has 0 atom stereocenters. The summed E-state index contributed by atoms with van der Waals surface area (Å²) in [6, 6.07) is 0. The third kappa shape index (κ3) is 2.20. The van der Waals surface area contributed by atoms with Crippen LogP contribution in [0.1, 0.15) is 36.8 Å².